The van der Waals surface area contributed by atoms with Crippen molar-refractivity contribution in [3.8, 4) is 11.3 Å². The van der Waals surface area contributed by atoms with Gasteiger partial charge in [0.25, 0.3) is 5.91 Å². The Morgan fingerprint density at radius 3 is 2.77 bits per heavy atom. The number of nitrogens with one attached hydrogen (secondary N) is 1. The molecular weight excluding hydrogens is 326 g/mol. The highest BCUT2D eigenvalue weighted by atomic mass is 16.1. The van der Waals surface area contributed by atoms with Crippen molar-refractivity contribution in [2.24, 2.45) is 0 Å². The Labute approximate surface area is 150 Å². The molecule has 0 fully saturated rings. The number of imidazole rings is 1. The predicted molar refractivity (Wildman–Crippen MR) is 100 cm³/mol. The van der Waals surface area contributed by atoms with E-state index >= 15 is 0 Å². The zero-order chi connectivity index (χ0) is 17.9. The van der Waals surface area contributed by atoms with Crippen LogP contribution in [0.3, 0.4) is 0 Å². The summed E-state index contributed by atoms with van der Waals surface area (Å²) >= 11 is 0. The highest BCUT2D eigenvalue weighted by molar-refractivity contribution is 5.95. The Balaban J connectivity index is 1.61. The first-order valence-corrected chi connectivity index (χ1v) is 8.22. The molecule has 6 nitrogen and oxygen atoms in total. The smallest absolute Gasteiger partial charge is 0.251 e. The number of hydrogen-bond acceptors (Lipinski definition) is 4. The van der Waals surface area contributed by atoms with Crippen LogP contribution in [0.1, 0.15) is 15.9 Å². The van der Waals surface area contributed by atoms with E-state index in [1.54, 1.807) is 18.5 Å². The number of fused-ring (bicyclic) bond motifs is 1. The zero-order valence-electron chi connectivity index (χ0n) is 14.0. The summed E-state index contributed by atoms with van der Waals surface area (Å²) in [6.45, 7) is 0.485. The number of anilines is 1. The normalized spacial score (nSPS) is 10.8. The number of nitrogens with two attached hydrogens (primary N) is 1. The SMILES string of the molecule is Nc1ncc(-c2cccc(C(=O)NCc3ccccc3)c2)n2ccnc12. The molecule has 0 aliphatic rings. The summed E-state index contributed by atoms with van der Waals surface area (Å²) in [5.41, 5.74) is 9.79. The molecule has 0 aliphatic heterocycles. The minimum atomic E-state index is -0.124. The maximum atomic E-state index is 12.5. The summed E-state index contributed by atoms with van der Waals surface area (Å²) in [6.07, 6.45) is 5.18. The van der Waals surface area contributed by atoms with E-state index in [9.17, 15) is 4.79 Å². The molecule has 6 heteroatoms. The van der Waals surface area contributed by atoms with Crippen LogP contribution < -0.4 is 11.1 Å². The number of aromatic nitrogens is 3. The van der Waals surface area contributed by atoms with Crippen LogP contribution in [0.2, 0.25) is 0 Å². The first-order chi connectivity index (χ1) is 12.7. The molecule has 0 aliphatic carbocycles. The lowest BCUT2D eigenvalue weighted by Crippen LogP contribution is -2.22. The molecule has 2 heterocycles. The number of hydrogen-bond donors (Lipinski definition) is 2. The second-order valence-electron chi connectivity index (χ2n) is 5.90. The topological polar surface area (TPSA) is 85.3 Å². The van der Waals surface area contributed by atoms with Crippen LogP contribution in [-0.2, 0) is 6.54 Å². The second kappa shape index (κ2) is 6.68. The molecule has 0 spiro atoms. The molecule has 1 amide bonds. The molecule has 128 valence electrons. The van der Waals surface area contributed by atoms with Crippen molar-refractivity contribution in [3.63, 3.8) is 0 Å². The molecular formula is C20H17N5O. The Morgan fingerprint density at radius 2 is 1.92 bits per heavy atom. The molecule has 0 radical (unpaired) electrons. The van der Waals surface area contributed by atoms with Crippen molar-refractivity contribution in [1.82, 2.24) is 19.7 Å². The van der Waals surface area contributed by atoms with Crippen molar-refractivity contribution < 1.29 is 4.79 Å². The van der Waals surface area contributed by atoms with E-state index in [-0.39, 0.29) is 5.91 Å². The average molecular weight is 343 g/mol. The van der Waals surface area contributed by atoms with Gasteiger partial charge in [-0.05, 0) is 17.7 Å². The lowest BCUT2D eigenvalue weighted by Gasteiger charge is -2.09. The third-order valence-electron chi connectivity index (χ3n) is 4.17. The van der Waals surface area contributed by atoms with Gasteiger partial charge in [0.2, 0.25) is 0 Å². The highest BCUT2D eigenvalue weighted by Gasteiger charge is 2.11. The van der Waals surface area contributed by atoms with Gasteiger partial charge < -0.3 is 11.1 Å². The highest BCUT2D eigenvalue weighted by Crippen LogP contribution is 2.23. The van der Waals surface area contributed by atoms with Crippen molar-refractivity contribution >= 4 is 17.4 Å². The third-order valence-corrected chi connectivity index (χ3v) is 4.17. The van der Waals surface area contributed by atoms with Crippen LogP contribution in [0.15, 0.2) is 73.2 Å². The van der Waals surface area contributed by atoms with Crippen LogP contribution in [0.5, 0.6) is 0 Å². The maximum absolute atomic E-state index is 12.5. The van der Waals surface area contributed by atoms with Crippen LogP contribution in [0.4, 0.5) is 5.82 Å². The van der Waals surface area contributed by atoms with Crippen LogP contribution >= 0.6 is 0 Å². The van der Waals surface area contributed by atoms with Gasteiger partial charge in [0.05, 0.1) is 11.9 Å². The van der Waals surface area contributed by atoms with Gasteiger partial charge in [0.15, 0.2) is 11.5 Å². The lowest BCUT2D eigenvalue weighted by molar-refractivity contribution is 0.0951. The summed E-state index contributed by atoms with van der Waals surface area (Å²) in [4.78, 5) is 20.9. The summed E-state index contributed by atoms with van der Waals surface area (Å²) < 4.78 is 1.86. The van der Waals surface area contributed by atoms with E-state index in [1.165, 1.54) is 0 Å². The molecule has 0 bridgehead atoms. The van der Waals surface area contributed by atoms with E-state index in [4.69, 9.17) is 5.73 Å². The van der Waals surface area contributed by atoms with Gasteiger partial charge in [-0.15, -0.1) is 0 Å². The molecule has 3 N–H and O–H groups in total. The summed E-state index contributed by atoms with van der Waals surface area (Å²) in [6, 6.07) is 17.2. The average Bonchev–Trinajstić information content (AvgIpc) is 3.18. The van der Waals surface area contributed by atoms with Gasteiger partial charge in [-0.2, -0.15) is 0 Å². The van der Waals surface area contributed by atoms with E-state index in [2.05, 4.69) is 15.3 Å². The second-order valence-corrected chi connectivity index (χ2v) is 5.90. The number of carbonyl (C=O) groups is 1. The summed E-state index contributed by atoms with van der Waals surface area (Å²) in [5.74, 6) is 0.247. The quantitative estimate of drug-likeness (QED) is 0.597. The van der Waals surface area contributed by atoms with Gasteiger partial charge in [0.1, 0.15) is 0 Å². The monoisotopic (exact) mass is 343 g/mol. The molecule has 2 aromatic heterocycles. The largest absolute Gasteiger partial charge is 0.381 e. The Bertz CT molecular complexity index is 1070. The first kappa shape index (κ1) is 15.8. The van der Waals surface area contributed by atoms with E-state index in [0.717, 1.165) is 16.8 Å². The molecule has 0 saturated carbocycles. The van der Waals surface area contributed by atoms with Crippen LogP contribution in [0, 0.1) is 0 Å². The van der Waals surface area contributed by atoms with Crippen molar-refractivity contribution in [2.45, 2.75) is 6.54 Å². The summed E-state index contributed by atoms with van der Waals surface area (Å²) in [7, 11) is 0. The third kappa shape index (κ3) is 3.00. The van der Waals surface area contributed by atoms with E-state index in [0.29, 0.717) is 23.6 Å². The standard InChI is InChI=1S/C20H17N5O/c21-18-19-22-9-10-25(19)17(13-23-18)15-7-4-8-16(11-15)20(26)24-12-14-5-2-1-3-6-14/h1-11,13H,12H2,(H2,21,23)(H,24,26). The van der Waals surface area contributed by atoms with Gasteiger partial charge in [0, 0.05) is 30.1 Å². The molecule has 2 aromatic carbocycles. The number of nitrogens with zero attached hydrogens (tertiary/aromatic N) is 3. The predicted octanol–water partition coefficient (Wildman–Crippen LogP) is 2.91. The molecule has 4 rings (SSSR count). The maximum Gasteiger partial charge on any atom is 0.251 e. The van der Waals surface area contributed by atoms with Crippen molar-refractivity contribution in [2.75, 3.05) is 5.73 Å². The number of nitrogen functional groups attached to an aromatic ring is 1. The fourth-order valence-corrected chi connectivity index (χ4v) is 2.85. The van der Waals surface area contributed by atoms with E-state index < -0.39 is 0 Å². The zero-order valence-corrected chi connectivity index (χ0v) is 14.0. The molecule has 0 atom stereocenters. The minimum absolute atomic E-state index is 0.124. The number of rotatable bonds is 4. The van der Waals surface area contributed by atoms with Crippen LogP contribution in [-0.4, -0.2) is 20.3 Å². The van der Waals surface area contributed by atoms with Gasteiger partial charge in [-0.3, -0.25) is 9.20 Å². The Kier molecular flexibility index (Phi) is 4.07. The lowest BCUT2D eigenvalue weighted by atomic mass is 10.1. The molecule has 4 aromatic rings. The Morgan fingerprint density at radius 1 is 1.08 bits per heavy atom. The molecule has 0 unspecified atom stereocenters. The Hall–Kier alpha value is -3.67. The first-order valence-electron chi connectivity index (χ1n) is 8.22. The van der Waals surface area contributed by atoms with Gasteiger partial charge in [-0.1, -0.05) is 42.5 Å². The number of amides is 1. The van der Waals surface area contributed by atoms with Crippen molar-refractivity contribution in [3.05, 3.63) is 84.3 Å². The van der Waals surface area contributed by atoms with Gasteiger partial charge >= 0.3 is 0 Å². The number of benzene rings is 2. The van der Waals surface area contributed by atoms with E-state index in [1.807, 2.05) is 59.1 Å². The molecule has 26 heavy (non-hydrogen) atoms. The fourth-order valence-electron chi connectivity index (χ4n) is 2.85. The minimum Gasteiger partial charge on any atom is -0.381 e. The number of carbonyl (C=O) groups excluding carboxylic acids is 1. The van der Waals surface area contributed by atoms with Gasteiger partial charge in [-0.25, -0.2) is 9.97 Å². The van der Waals surface area contributed by atoms with Crippen molar-refractivity contribution in [1.29, 1.82) is 0 Å². The summed E-state index contributed by atoms with van der Waals surface area (Å²) in [5, 5.41) is 2.94. The fraction of sp³-hybridized carbons (Fsp3) is 0.0500. The molecule has 0 saturated heterocycles. The van der Waals surface area contributed by atoms with Crippen LogP contribution in [0.25, 0.3) is 16.9 Å².